The van der Waals surface area contributed by atoms with Gasteiger partial charge < -0.3 is 19.5 Å². The Morgan fingerprint density at radius 2 is 1.83 bits per heavy atom. The predicted octanol–water partition coefficient (Wildman–Crippen LogP) is 2.40. The number of nitrogens with zero attached hydrogens (tertiary/aromatic N) is 1. The number of carboxylic acids is 1. The van der Waals surface area contributed by atoms with Crippen molar-refractivity contribution < 1.29 is 24.2 Å². The minimum Gasteiger partial charge on any atom is -0.480 e. The third-order valence-electron chi connectivity index (χ3n) is 3.73. The van der Waals surface area contributed by atoms with Crippen LogP contribution >= 0.6 is 0 Å². The topological polar surface area (TPSA) is 76.1 Å². The highest BCUT2D eigenvalue weighted by Crippen LogP contribution is 2.23. The largest absolute Gasteiger partial charge is 0.480 e. The number of benzene rings is 2. The van der Waals surface area contributed by atoms with Gasteiger partial charge in [-0.25, -0.2) is 4.79 Å². The van der Waals surface area contributed by atoms with Gasteiger partial charge in [0.1, 0.15) is 11.5 Å². The maximum atomic E-state index is 12.7. The first kappa shape index (κ1) is 16.0. The molecule has 0 unspecified atom stereocenters. The van der Waals surface area contributed by atoms with Gasteiger partial charge >= 0.3 is 5.97 Å². The fourth-order valence-electron chi connectivity index (χ4n) is 2.53. The number of aliphatic carboxylic acids is 1. The SMILES string of the molecule is O=C(O)[C@H]1COCCN1C(=O)c1cccc(Oc2ccccc2)c1. The third kappa shape index (κ3) is 3.55. The van der Waals surface area contributed by atoms with Gasteiger partial charge in [-0.2, -0.15) is 0 Å². The number of carboxylic acid groups (broad SMARTS) is 1. The van der Waals surface area contributed by atoms with E-state index in [1.165, 1.54) is 4.90 Å². The first-order valence-electron chi connectivity index (χ1n) is 7.59. The van der Waals surface area contributed by atoms with Crippen molar-refractivity contribution in [3.8, 4) is 11.5 Å². The molecular weight excluding hydrogens is 310 g/mol. The summed E-state index contributed by atoms with van der Waals surface area (Å²) in [7, 11) is 0. The summed E-state index contributed by atoms with van der Waals surface area (Å²) >= 11 is 0. The van der Waals surface area contributed by atoms with Crippen molar-refractivity contribution in [3.05, 3.63) is 60.2 Å². The zero-order valence-electron chi connectivity index (χ0n) is 12.9. The summed E-state index contributed by atoms with van der Waals surface area (Å²) in [6.45, 7) is 0.580. The van der Waals surface area contributed by atoms with Gasteiger partial charge in [-0.05, 0) is 30.3 Å². The molecule has 1 saturated heterocycles. The highest BCUT2D eigenvalue weighted by atomic mass is 16.5. The molecule has 3 rings (SSSR count). The molecule has 0 aromatic heterocycles. The van der Waals surface area contributed by atoms with Gasteiger partial charge in [0.25, 0.3) is 5.91 Å². The predicted molar refractivity (Wildman–Crippen MR) is 86.2 cm³/mol. The first-order valence-corrected chi connectivity index (χ1v) is 7.59. The van der Waals surface area contributed by atoms with Crippen LogP contribution < -0.4 is 4.74 Å². The number of para-hydroxylation sites is 1. The number of carbonyl (C=O) groups is 2. The second-order valence-corrected chi connectivity index (χ2v) is 5.37. The van der Waals surface area contributed by atoms with E-state index >= 15 is 0 Å². The maximum Gasteiger partial charge on any atom is 0.328 e. The molecule has 1 fully saturated rings. The quantitative estimate of drug-likeness (QED) is 0.933. The molecule has 0 aliphatic carbocycles. The fourth-order valence-corrected chi connectivity index (χ4v) is 2.53. The van der Waals surface area contributed by atoms with E-state index in [4.69, 9.17) is 9.47 Å². The molecule has 0 spiro atoms. The maximum absolute atomic E-state index is 12.7. The van der Waals surface area contributed by atoms with Crippen molar-refractivity contribution in [1.82, 2.24) is 4.90 Å². The molecule has 1 aliphatic rings. The van der Waals surface area contributed by atoms with Gasteiger partial charge in [0.15, 0.2) is 6.04 Å². The molecule has 1 atom stereocenters. The van der Waals surface area contributed by atoms with Crippen LogP contribution in [0.3, 0.4) is 0 Å². The number of hydrogen-bond acceptors (Lipinski definition) is 4. The number of hydrogen-bond donors (Lipinski definition) is 1. The molecule has 0 saturated carbocycles. The molecule has 1 amide bonds. The van der Waals surface area contributed by atoms with Crippen LogP contribution in [0.5, 0.6) is 11.5 Å². The van der Waals surface area contributed by atoms with Crippen LogP contribution in [0.1, 0.15) is 10.4 Å². The van der Waals surface area contributed by atoms with Crippen molar-refractivity contribution in [1.29, 1.82) is 0 Å². The smallest absolute Gasteiger partial charge is 0.328 e. The average Bonchev–Trinajstić information content (AvgIpc) is 2.62. The lowest BCUT2D eigenvalue weighted by Crippen LogP contribution is -2.52. The van der Waals surface area contributed by atoms with Crippen LogP contribution in [-0.4, -0.2) is 47.7 Å². The Labute approximate surface area is 139 Å². The standard InChI is InChI=1S/C18H17NO5/c20-17(19-9-10-23-12-16(19)18(21)22)13-5-4-8-15(11-13)24-14-6-2-1-3-7-14/h1-8,11,16H,9-10,12H2,(H,21,22)/t16-/m1/s1. The monoisotopic (exact) mass is 327 g/mol. The summed E-state index contributed by atoms with van der Waals surface area (Å²) in [6.07, 6.45) is 0. The molecule has 6 heteroatoms. The van der Waals surface area contributed by atoms with E-state index in [1.807, 2.05) is 30.3 Å². The molecule has 6 nitrogen and oxygen atoms in total. The van der Waals surface area contributed by atoms with E-state index in [0.29, 0.717) is 23.7 Å². The second-order valence-electron chi connectivity index (χ2n) is 5.37. The Hall–Kier alpha value is -2.86. The zero-order valence-corrected chi connectivity index (χ0v) is 12.9. The number of amides is 1. The minimum atomic E-state index is -1.07. The summed E-state index contributed by atoms with van der Waals surface area (Å²) in [5.41, 5.74) is 0.386. The average molecular weight is 327 g/mol. The van der Waals surface area contributed by atoms with Gasteiger partial charge in [-0.15, -0.1) is 0 Å². The van der Waals surface area contributed by atoms with Crippen molar-refractivity contribution >= 4 is 11.9 Å². The first-order chi connectivity index (χ1) is 11.6. The number of carbonyl (C=O) groups excluding carboxylic acids is 1. The zero-order chi connectivity index (χ0) is 16.9. The van der Waals surface area contributed by atoms with Gasteiger partial charge in [0.2, 0.25) is 0 Å². The number of morpholine rings is 1. The molecule has 0 bridgehead atoms. The normalized spacial score (nSPS) is 17.3. The van der Waals surface area contributed by atoms with Gasteiger partial charge in [0, 0.05) is 12.1 Å². The van der Waals surface area contributed by atoms with Gasteiger partial charge in [0.05, 0.1) is 13.2 Å². The molecule has 0 radical (unpaired) electrons. The molecule has 1 heterocycles. The lowest BCUT2D eigenvalue weighted by molar-refractivity contribution is -0.147. The minimum absolute atomic E-state index is 0.00127. The highest BCUT2D eigenvalue weighted by molar-refractivity contribution is 5.97. The summed E-state index contributed by atoms with van der Waals surface area (Å²) in [5.74, 6) is -0.229. The molecule has 2 aromatic carbocycles. The van der Waals surface area contributed by atoms with Crippen LogP contribution in [0.25, 0.3) is 0 Å². The van der Waals surface area contributed by atoms with Crippen LogP contribution in [0.2, 0.25) is 0 Å². The van der Waals surface area contributed by atoms with E-state index in [1.54, 1.807) is 24.3 Å². The lowest BCUT2D eigenvalue weighted by atomic mass is 10.1. The summed E-state index contributed by atoms with van der Waals surface area (Å²) < 4.78 is 10.9. The molecule has 1 N–H and O–H groups in total. The number of ether oxygens (including phenoxy) is 2. The van der Waals surface area contributed by atoms with Gasteiger partial charge in [-0.1, -0.05) is 24.3 Å². The molecular formula is C18H17NO5. The van der Waals surface area contributed by atoms with Crippen LogP contribution in [-0.2, 0) is 9.53 Å². The third-order valence-corrected chi connectivity index (χ3v) is 3.73. The molecule has 1 aliphatic heterocycles. The summed E-state index contributed by atoms with van der Waals surface area (Å²) in [4.78, 5) is 25.3. The summed E-state index contributed by atoms with van der Waals surface area (Å²) in [5, 5.41) is 9.26. The van der Waals surface area contributed by atoms with E-state index < -0.39 is 12.0 Å². The molecule has 24 heavy (non-hydrogen) atoms. The van der Waals surface area contributed by atoms with Crippen LogP contribution in [0.4, 0.5) is 0 Å². The van der Waals surface area contributed by atoms with E-state index in [2.05, 4.69) is 0 Å². The lowest BCUT2D eigenvalue weighted by Gasteiger charge is -2.32. The van der Waals surface area contributed by atoms with Gasteiger partial charge in [-0.3, -0.25) is 4.79 Å². The molecule has 2 aromatic rings. The Morgan fingerprint density at radius 3 is 2.58 bits per heavy atom. The molecule has 124 valence electrons. The second kappa shape index (κ2) is 7.14. The van der Waals surface area contributed by atoms with E-state index in [9.17, 15) is 14.7 Å². The fraction of sp³-hybridized carbons (Fsp3) is 0.222. The Kier molecular flexibility index (Phi) is 4.77. The Balaban J connectivity index is 1.80. The Morgan fingerprint density at radius 1 is 1.08 bits per heavy atom. The van der Waals surface area contributed by atoms with Crippen molar-refractivity contribution in [2.24, 2.45) is 0 Å². The van der Waals surface area contributed by atoms with Crippen LogP contribution in [0.15, 0.2) is 54.6 Å². The van der Waals surface area contributed by atoms with Crippen molar-refractivity contribution in [3.63, 3.8) is 0 Å². The van der Waals surface area contributed by atoms with Crippen molar-refractivity contribution in [2.45, 2.75) is 6.04 Å². The van der Waals surface area contributed by atoms with E-state index in [0.717, 1.165) is 0 Å². The highest BCUT2D eigenvalue weighted by Gasteiger charge is 2.33. The van der Waals surface area contributed by atoms with Crippen LogP contribution in [0, 0.1) is 0 Å². The van der Waals surface area contributed by atoms with Crippen molar-refractivity contribution in [2.75, 3.05) is 19.8 Å². The van der Waals surface area contributed by atoms with E-state index in [-0.39, 0.29) is 19.1 Å². The number of rotatable bonds is 4. The Bertz CT molecular complexity index is 731. The summed E-state index contributed by atoms with van der Waals surface area (Å²) in [6, 6.07) is 15.0.